The fourth-order valence-corrected chi connectivity index (χ4v) is 4.18. The molecule has 1 atom stereocenters. The van der Waals surface area contributed by atoms with Gasteiger partial charge in [0.15, 0.2) is 10.3 Å². The summed E-state index contributed by atoms with van der Waals surface area (Å²) in [6.45, 7) is 7.67. The van der Waals surface area contributed by atoms with Crippen LogP contribution < -0.4 is 10.6 Å². The van der Waals surface area contributed by atoms with Crippen molar-refractivity contribution >= 4 is 45.7 Å². The summed E-state index contributed by atoms with van der Waals surface area (Å²) in [5.74, 6) is 0.197. The zero-order valence-corrected chi connectivity index (χ0v) is 19.1. The molecule has 2 amide bonds. The highest BCUT2D eigenvalue weighted by atomic mass is 32.2. The van der Waals surface area contributed by atoms with Gasteiger partial charge in [-0.3, -0.25) is 9.59 Å². The van der Waals surface area contributed by atoms with Gasteiger partial charge in [0, 0.05) is 17.6 Å². The molecule has 0 unspecified atom stereocenters. The van der Waals surface area contributed by atoms with E-state index in [1.807, 2.05) is 45.0 Å². The standard InChI is InChI=1S/C20H24N6O2S2/c1-11-6-8-15(9-7-11)22-17(27)10-16-24-25-20(26(16)5)30-14(4)18(28)23-19-21-12(2)13(3)29-19/h6-9,14H,10H2,1-5H3,(H,22,27)(H,21,23,28)/t14-/m1/s1. The van der Waals surface area contributed by atoms with Crippen molar-refractivity contribution in [1.29, 1.82) is 0 Å². The van der Waals surface area contributed by atoms with Crippen molar-refractivity contribution in [3.63, 3.8) is 0 Å². The highest BCUT2D eigenvalue weighted by Crippen LogP contribution is 2.25. The van der Waals surface area contributed by atoms with Crippen LogP contribution >= 0.6 is 23.1 Å². The van der Waals surface area contributed by atoms with Crippen LogP contribution in [0.5, 0.6) is 0 Å². The minimum Gasteiger partial charge on any atom is -0.326 e. The zero-order valence-electron chi connectivity index (χ0n) is 17.5. The number of thioether (sulfide) groups is 1. The Morgan fingerprint density at radius 3 is 2.47 bits per heavy atom. The van der Waals surface area contributed by atoms with Gasteiger partial charge in [0.25, 0.3) is 0 Å². The van der Waals surface area contributed by atoms with Crippen molar-refractivity contribution in [2.75, 3.05) is 10.6 Å². The third-order valence-electron chi connectivity index (χ3n) is 4.49. The summed E-state index contributed by atoms with van der Waals surface area (Å²) in [5.41, 5.74) is 2.78. The molecule has 0 saturated carbocycles. The van der Waals surface area contributed by atoms with Crippen molar-refractivity contribution in [3.05, 3.63) is 46.2 Å². The van der Waals surface area contributed by atoms with Crippen molar-refractivity contribution in [3.8, 4) is 0 Å². The average molecular weight is 445 g/mol. The van der Waals surface area contributed by atoms with E-state index in [-0.39, 0.29) is 18.2 Å². The van der Waals surface area contributed by atoms with Crippen LogP contribution in [0, 0.1) is 20.8 Å². The molecule has 8 nitrogen and oxygen atoms in total. The smallest absolute Gasteiger partial charge is 0.239 e. The van der Waals surface area contributed by atoms with Crippen molar-refractivity contribution < 1.29 is 9.59 Å². The number of rotatable bonds is 7. The van der Waals surface area contributed by atoms with Gasteiger partial charge in [-0.05, 0) is 39.8 Å². The fourth-order valence-electron chi connectivity index (χ4n) is 2.53. The number of aromatic nitrogens is 4. The Labute approximate surface area is 183 Å². The van der Waals surface area contributed by atoms with E-state index in [0.29, 0.717) is 16.1 Å². The van der Waals surface area contributed by atoms with E-state index in [1.165, 1.54) is 23.1 Å². The first-order chi connectivity index (χ1) is 14.2. The second kappa shape index (κ2) is 9.40. The number of anilines is 2. The first-order valence-corrected chi connectivity index (χ1v) is 11.1. The number of amides is 2. The van der Waals surface area contributed by atoms with Crippen LogP contribution in [0.2, 0.25) is 0 Å². The molecule has 0 spiro atoms. The number of nitrogens with zero attached hydrogens (tertiary/aromatic N) is 4. The van der Waals surface area contributed by atoms with Gasteiger partial charge < -0.3 is 15.2 Å². The van der Waals surface area contributed by atoms with E-state index in [4.69, 9.17) is 0 Å². The van der Waals surface area contributed by atoms with Gasteiger partial charge in [0.1, 0.15) is 5.82 Å². The molecule has 0 aliphatic carbocycles. The molecular formula is C20H24N6O2S2. The maximum Gasteiger partial charge on any atom is 0.239 e. The number of nitrogens with one attached hydrogen (secondary N) is 2. The second-order valence-corrected chi connectivity index (χ2v) is 9.47. The Bertz CT molecular complexity index is 1040. The average Bonchev–Trinajstić information content (AvgIpc) is 3.19. The maximum absolute atomic E-state index is 12.5. The Morgan fingerprint density at radius 1 is 1.13 bits per heavy atom. The molecule has 0 aliphatic heterocycles. The minimum atomic E-state index is -0.397. The lowest BCUT2D eigenvalue weighted by atomic mass is 10.2. The molecule has 0 radical (unpaired) electrons. The summed E-state index contributed by atoms with van der Waals surface area (Å²) < 4.78 is 1.74. The highest BCUT2D eigenvalue weighted by molar-refractivity contribution is 8.00. The molecule has 0 bridgehead atoms. The normalized spacial score (nSPS) is 11.9. The summed E-state index contributed by atoms with van der Waals surface area (Å²) >= 11 is 2.74. The van der Waals surface area contributed by atoms with Gasteiger partial charge in [-0.2, -0.15) is 0 Å². The van der Waals surface area contributed by atoms with Crippen LogP contribution in [0.15, 0.2) is 29.4 Å². The van der Waals surface area contributed by atoms with Crippen LogP contribution in [-0.4, -0.2) is 36.8 Å². The van der Waals surface area contributed by atoms with Gasteiger partial charge in [-0.1, -0.05) is 29.5 Å². The number of carbonyl (C=O) groups is 2. The first kappa shape index (κ1) is 22.0. The van der Waals surface area contributed by atoms with E-state index in [1.54, 1.807) is 18.5 Å². The minimum absolute atomic E-state index is 0.0934. The topological polar surface area (TPSA) is 102 Å². The molecule has 0 fully saturated rings. The largest absolute Gasteiger partial charge is 0.326 e. The van der Waals surface area contributed by atoms with Gasteiger partial charge in [0.05, 0.1) is 17.4 Å². The fraction of sp³-hybridized carbons (Fsp3) is 0.350. The third kappa shape index (κ3) is 5.45. The Morgan fingerprint density at radius 2 is 1.83 bits per heavy atom. The molecule has 30 heavy (non-hydrogen) atoms. The van der Waals surface area contributed by atoms with E-state index in [9.17, 15) is 9.59 Å². The number of hydrogen-bond donors (Lipinski definition) is 2. The SMILES string of the molecule is Cc1ccc(NC(=O)Cc2nnc(S[C@H](C)C(=O)Nc3nc(C)c(C)s3)n2C)cc1. The molecule has 3 aromatic rings. The van der Waals surface area contributed by atoms with Crippen molar-refractivity contribution in [2.24, 2.45) is 7.05 Å². The molecule has 158 valence electrons. The molecule has 0 aliphatic rings. The lowest BCUT2D eigenvalue weighted by molar-refractivity contribution is -0.116. The number of aryl methyl sites for hydroxylation is 3. The van der Waals surface area contributed by atoms with Gasteiger partial charge >= 0.3 is 0 Å². The predicted octanol–water partition coefficient (Wildman–Crippen LogP) is 3.50. The number of carbonyl (C=O) groups excluding carboxylic acids is 2. The van der Waals surface area contributed by atoms with E-state index < -0.39 is 5.25 Å². The molecule has 0 saturated heterocycles. The molecule has 1 aromatic carbocycles. The Hall–Kier alpha value is -2.72. The molecule has 10 heteroatoms. The van der Waals surface area contributed by atoms with E-state index in [0.717, 1.165) is 21.8 Å². The summed E-state index contributed by atoms with van der Waals surface area (Å²) in [6, 6.07) is 7.59. The van der Waals surface area contributed by atoms with Crippen LogP contribution in [-0.2, 0) is 23.1 Å². The number of thiazole rings is 1. The van der Waals surface area contributed by atoms with Gasteiger partial charge in [-0.15, -0.1) is 21.5 Å². The zero-order chi connectivity index (χ0) is 21.8. The second-order valence-electron chi connectivity index (χ2n) is 6.96. The molecule has 2 N–H and O–H groups in total. The lowest BCUT2D eigenvalue weighted by Gasteiger charge is -2.10. The summed E-state index contributed by atoms with van der Waals surface area (Å²) in [4.78, 5) is 30.2. The van der Waals surface area contributed by atoms with Crippen molar-refractivity contribution in [1.82, 2.24) is 19.7 Å². The van der Waals surface area contributed by atoms with E-state index in [2.05, 4.69) is 25.8 Å². The number of hydrogen-bond acceptors (Lipinski definition) is 7. The molecule has 2 heterocycles. The Balaban J connectivity index is 1.58. The molecule has 2 aromatic heterocycles. The number of benzene rings is 1. The van der Waals surface area contributed by atoms with Crippen LogP contribution in [0.4, 0.5) is 10.8 Å². The monoisotopic (exact) mass is 444 g/mol. The third-order valence-corrected chi connectivity index (χ3v) is 6.61. The first-order valence-electron chi connectivity index (χ1n) is 9.39. The quantitative estimate of drug-likeness (QED) is 0.541. The van der Waals surface area contributed by atoms with E-state index >= 15 is 0 Å². The Kier molecular flexibility index (Phi) is 6.88. The summed E-state index contributed by atoms with van der Waals surface area (Å²) in [5, 5.41) is 14.7. The highest BCUT2D eigenvalue weighted by Gasteiger charge is 2.21. The molecule has 3 rings (SSSR count). The van der Waals surface area contributed by atoms with Crippen LogP contribution in [0.25, 0.3) is 0 Å². The van der Waals surface area contributed by atoms with Crippen LogP contribution in [0.3, 0.4) is 0 Å². The maximum atomic E-state index is 12.5. The molecular weight excluding hydrogens is 420 g/mol. The van der Waals surface area contributed by atoms with Crippen molar-refractivity contribution in [2.45, 2.75) is 44.5 Å². The summed E-state index contributed by atoms with van der Waals surface area (Å²) in [6.07, 6.45) is 0.0934. The summed E-state index contributed by atoms with van der Waals surface area (Å²) in [7, 11) is 1.79. The predicted molar refractivity (Wildman–Crippen MR) is 120 cm³/mol. The lowest BCUT2D eigenvalue weighted by Crippen LogP contribution is -2.23. The van der Waals surface area contributed by atoms with Gasteiger partial charge in [0.2, 0.25) is 11.8 Å². The van der Waals surface area contributed by atoms with Gasteiger partial charge in [-0.25, -0.2) is 4.98 Å². The van der Waals surface area contributed by atoms with Crippen LogP contribution in [0.1, 0.15) is 28.9 Å².